The number of carbonyl (C=O) groups excluding carboxylic acids is 1. The van der Waals surface area contributed by atoms with Crippen LogP contribution in [0.25, 0.3) is 0 Å². The van der Waals surface area contributed by atoms with Gasteiger partial charge in [0.05, 0.1) is 17.2 Å². The number of hydrogen-bond donors (Lipinski definition) is 0. The maximum atomic E-state index is 13.2. The van der Waals surface area contributed by atoms with Gasteiger partial charge in [-0.2, -0.15) is 13.2 Å². The Labute approximate surface area is 218 Å². The predicted molar refractivity (Wildman–Crippen MR) is 134 cm³/mol. The molecule has 2 heterocycles. The maximum Gasteiger partial charge on any atom is 0.416 e. The van der Waals surface area contributed by atoms with Gasteiger partial charge in [0.15, 0.2) is 0 Å². The molecule has 0 radical (unpaired) electrons. The minimum atomic E-state index is -4.42. The van der Waals surface area contributed by atoms with Crippen LogP contribution in [0.2, 0.25) is 10.0 Å². The molecule has 0 N–H and O–H groups in total. The van der Waals surface area contributed by atoms with Gasteiger partial charge in [0.25, 0.3) is 0 Å². The number of anilines is 1. The minimum absolute atomic E-state index is 0.0804. The first kappa shape index (κ1) is 27.0. The van der Waals surface area contributed by atoms with Crippen molar-refractivity contribution in [1.29, 1.82) is 0 Å². The molecule has 2 fully saturated rings. The molecule has 196 valence electrons. The molecule has 2 aliphatic rings. The van der Waals surface area contributed by atoms with E-state index in [9.17, 15) is 26.4 Å². The Balaban J connectivity index is 1.37. The molecule has 0 unspecified atom stereocenters. The summed E-state index contributed by atoms with van der Waals surface area (Å²) in [6.07, 6.45) is -3.29. The monoisotopic (exact) mass is 563 g/mol. The van der Waals surface area contributed by atoms with Crippen molar-refractivity contribution in [3.8, 4) is 0 Å². The smallest absolute Gasteiger partial charge is 0.368 e. The minimum Gasteiger partial charge on any atom is -0.368 e. The van der Waals surface area contributed by atoms with E-state index in [1.165, 1.54) is 10.4 Å². The topological polar surface area (TPSA) is 60.9 Å². The highest BCUT2D eigenvalue weighted by atomic mass is 35.5. The molecule has 0 saturated carbocycles. The Bertz CT molecular complexity index is 1200. The number of halogens is 5. The molecule has 2 aromatic rings. The van der Waals surface area contributed by atoms with Crippen LogP contribution in [-0.4, -0.2) is 62.8 Å². The van der Waals surface area contributed by atoms with E-state index in [0.29, 0.717) is 56.8 Å². The largest absolute Gasteiger partial charge is 0.416 e. The van der Waals surface area contributed by atoms with Crippen LogP contribution in [0.4, 0.5) is 18.9 Å². The number of alkyl halides is 3. The molecule has 36 heavy (non-hydrogen) atoms. The number of nitrogens with zero attached hydrogens (tertiary/aromatic N) is 3. The zero-order chi connectivity index (χ0) is 26.1. The van der Waals surface area contributed by atoms with Gasteiger partial charge in [0.2, 0.25) is 15.9 Å². The van der Waals surface area contributed by atoms with E-state index in [0.717, 1.165) is 12.1 Å². The van der Waals surface area contributed by atoms with Gasteiger partial charge in [-0.15, -0.1) is 0 Å². The molecule has 1 atom stereocenters. The van der Waals surface area contributed by atoms with Crippen LogP contribution in [0.3, 0.4) is 0 Å². The fraction of sp³-hybridized carbons (Fsp3) is 0.458. The third-order valence-electron chi connectivity index (χ3n) is 6.65. The van der Waals surface area contributed by atoms with E-state index in [2.05, 4.69) is 0 Å². The Kier molecular flexibility index (Phi) is 8.09. The standard InChI is InChI=1S/C24H26Cl2F3N3O3S/c25-21-7-2-8-22(26)20(21)16-36(34,35)32-9-3-4-17(15-32)23(33)31-12-10-30(11-13-31)19-6-1-5-18(14-19)24(27,28)29/h1-2,5-8,14,17H,3-4,9-13,15-16H2/t17-/m0/s1. The molecule has 2 aliphatic heterocycles. The van der Waals surface area contributed by atoms with Gasteiger partial charge in [-0.25, -0.2) is 12.7 Å². The average molecular weight is 564 g/mol. The van der Waals surface area contributed by atoms with Crippen molar-refractivity contribution in [2.45, 2.75) is 24.8 Å². The van der Waals surface area contributed by atoms with Crippen LogP contribution in [0.1, 0.15) is 24.0 Å². The molecule has 0 aromatic heterocycles. The second kappa shape index (κ2) is 10.8. The van der Waals surface area contributed by atoms with Crippen LogP contribution in [0, 0.1) is 5.92 Å². The second-order valence-corrected chi connectivity index (χ2v) is 11.8. The molecular formula is C24H26Cl2F3N3O3S. The first-order chi connectivity index (χ1) is 17.0. The third-order valence-corrected chi connectivity index (χ3v) is 9.13. The van der Waals surface area contributed by atoms with Gasteiger partial charge < -0.3 is 9.80 Å². The van der Waals surface area contributed by atoms with Crippen molar-refractivity contribution in [3.63, 3.8) is 0 Å². The molecule has 2 aromatic carbocycles. The SMILES string of the molecule is O=C([C@H]1CCCN(S(=O)(=O)Cc2c(Cl)cccc2Cl)C1)N1CCN(c2cccc(C(F)(F)F)c2)CC1. The second-order valence-electron chi connectivity index (χ2n) is 9.01. The van der Waals surface area contributed by atoms with Crippen molar-refractivity contribution in [2.75, 3.05) is 44.2 Å². The quantitative estimate of drug-likeness (QED) is 0.519. The fourth-order valence-corrected chi connectivity index (χ4v) is 7.02. The number of piperidine rings is 1. The van der Waals surface area contributed by atoms with Crippen molar-refractivity contribution < 1.29 is 26.4 Å². The van der Waals surface area contributed by atoms with Crippen molar-refractivity contribution >= 4 is 44.8 Å². The summed E-state index contributed by atoms with van der Waals surface area (Å²) in [5.41, 5.74) is 0.0881. The lowest BCUT2D eigenvalue weighted by molar-refractivity contribution is -0.137. The summed E-state index contributed by atoms with van der Waals surface area (Å²) in [4.78, 5) is 16.7. The zero-order valence-corrected chi connectivity index (χ0v) is 21.7. The number of rotatable bonds is 5. The fourth-order valence-electron chi connectivity index (χ4n) is 4.66. The van der Waals surface area contributed by atoms with Gasteiger partial charge in [0, 0.05) is 60.6 Å². The van der Waals surface area contributed by atoms with Gasteiger partial charge in [-0.1, -0.05) is 35.3 Å². The molecule has 4 rings (SSSR count). The van der Waals surface area contributed by atoms with Crippen LogP contribution in [0.15, 0.2) is 42.5 Å². The van der Waals surface area contributed by atoms with E-state index in [4.69, 9.17) is 23.2 Å². The summed E-state index contributed by atoms with van der Waals surface area (Å²) in [5.74, 6) is -0.952. The lowest BCUT2D eigenvalue weighted by atomic mass is 9.97. The Morgan fingerprint density at radius 1 is 0.972 bits per heavy atom. The number of piperazine rings is 1. The van der Waals surface area contributed by atoms with E-state index in [1.807, 2.05) is 4.90 Å². The molecule has 0 aliphatic carbocycles. The van der Waals surface area contributed by atoms with Crippen LogP contribution < -0.4 is 4.90 Å². The lowest BCUT2D eigenvalue weighted by Crippen LogP contribution is -2.53. The summed E-state index contributed by atoms with van der Waals surface area (Å²) in [6, 6.07) is 9.96. The Morgan fingerprint density at radius 3 is 2.25 bits per heavy atom. The number of benzene rings is 2. The van der Waals surface area contributed by atoms with Crippen LogP contribution in [0.5, 0.6) is 0 Å². The summed E-state index contributed by atoms with van der Waals surface area (Å²) in [5, 5.41) is 0.545. The zero-order valence-electron chi connectivity index (χ0n) is 19.3. The summed E-state index contributed by atoms with van der Waals surface area (Å²) >= 11 is 12.3. The third kappa shape index (κ3) is 6.10. The van der Waals surface area contributed by atoms with Crippen molar-refractivity contribution in [1.82, 2.24) is 9.21 Å². The average Bonchev–Trinajstić information content (AvgIpc) is 2.86. The summed E-state index contributed by atoms with van der Waals surface area (Å²) in [7, 11) is -3.75. The normalized spacial score (nSPS) is 20.0. The highest BCUT2D eigenvalue weighted by Gasteiger charge is 2.36. The van der Waals surface area contributed by atoms with Gasteiger partial charge in [-0.3, -0.25) is 4.79 Å². The Morgan fingerprint density at radius 2 is 1.61 bits per heavy atom. The molecule has 2 saturated heterocycles. The van der Waals surface area contributed by atoms with Gasteiger partial charge >= 0.3 is 6.18 Å². The summed E-state index contributed by atoms with van der Waals surface area (Å²) < 4.78 is 66.7. The molecule has 0 spiro atoms. The molecular weight excluding hydrogens is 538 g/mol. The lowest BCUT2D eigenvalue weighted by Gasteiger charge is -2.39. The molecule has 12 heteroatoms. The van der Waals surface area contributed by atoms with E-state index < -0.39 is 27.7 Å². The molecule has 6 nitrogen and oxygen atoms in total. The van der Waals surface area contributed by atoms with Crippen molar-refractivity contribution in [3.05, 3.63) is 63.6 Å². The summed E-state index contributed by atoms with van der Waals surface area (Å²) in [6.45, 7) is 1.90. The maximum absolute atomic E-state index is 13.2. The number of carbonyl (C=O) groups is 1. The first-order valence-electron chi connectivity index (χ1n) is 11.6. The van der Waals surface area contributed by atoms with Gasteiger partial charge in [-0.05, 0) is 43.2 Å². The highest BCUT2D eigenvalue weighted by molar-refractivity contribution is 7.88. The van der Waals surface area contributed by atoms with E-state index in [-0.39, 0.29) is 28.3 Å². The molecule has 0 bridgehead atoms. The van der Waals surface area contributed by atoms with Crippen molar-refractivity contribution in [2.24, 2.45) is 5.92 Å². The number of hydrogen-bond acceptors (Lipinski definition) is 4. The Hall–Kier alpha value is -2.01. The van der Waals surface area contributed by atoms with E-state index >= 15 is 0 Å². The van der Waals surface area contributed by atoms with Crippen LogP contribution >= 0.6 is 23.2 Å². The van der Waals surface area contributed by atoms with E-state index in [1.54, 1.807) is 29.2 Å². The highest BCUT2D eigenvalue weighted by Crippen LogP contribution is 2.32. The number of amides is 1. The predicted octanol–water partition coefficient (Wildman–Crippen LogP) is 4.90. The first-order valence-corrected chi connectivity index (χ1v) is 13.9. The van der Waals surface area contributed by atoms with Gasteiger partial charge in [0.1, 0.15) is 0 Å². The van der Waals surface area contributed by atoms with Crippen LogP contribution in [-0.2, 0) is 26.7 Å². The molecule has 1 amide bonds. The number of sulfonamides is 1.